The summed E-state index contributed by atoms with van der Waals surface area (Å²) in [5, 5.41) is 0. The molecule has 0 aromatic heterocycles. The van der Waals surface area contributed by atoms with Crippen LogP contribution in [0.4, 0.5) is 8.78 Å². The fourth-order valence-electron chi connectivity index (χ4n) is 1.72. The van der Waals surface area contributed by atoms with Crippen molar-refractivity contribution in [2.45, 2.75) is 18.3 Å². The molecule has 4 heteroatoms. The van der Waals surface area contributed by atoms with E-state index in [2.05, 4.69) is 4.74 Å². The number of carbonyl (C=O) groups excluding carboxylic acids is 1. The molecule has 0 saturated heterocycles. The lowest BCUT2D eigenvalue weighted by Crippen LogP contribution is -2.22. The van der Waals surface area contributed by atoms with E-state index in [-0.39, 0.29) is 5.97 Å². The number of carbonyl (C=O) groups is 1. The van der Waals surface area contributed by atoms with Gasteiger partial charge in [-0.1, -0.05) is 6.07 Å². The fraction of sp³-hybridized carbons (Fsp3) is 0.364. The fourth-order valence-corrected chi connectivity index (χ4v) is 1.72. The monoisotopic (exact) mass is 212 g/mol. The van der Waals surface area contributed by atoms with Crippen LogP contribution >= 0.6 is 0 Å². The summed E-state index contributed by atoms with van der Waals surface area (Å²) in [5.41, 5.74) is -0.239. The largest absolute Gasteiger partial charge is 0.468 e. The van der Waals surface area contributed by atoms with Crippen LogP contribution in [0.2, 0.25) is 0 Å². The molecular weight excluding hydrogens is 202 g/mol. The highest BCUT2D eigenvalue weighted by atomic mass is 19.2. The van der Waals surface area contributed by atoms with Gasteiger partial charge in [-0.3, -0.25) is 4.79 Å². The van der Waals surface area contributed by atoms with E-state index in [1.54, 1.807) is 0 Å². The maximum absolute atomic E-state index is 13.0. The molecule has 1 aliphatic carbocycles. The van der Waals surface area contributed by atoms with Crippen molar-refractivity contribution in [3.8, 4) is 0 Å². The smallest absolute Gasteiger partial charge is 0.316 e. The lowest BCUT2D eigenvalue weighted by molar-refractivity contribution is -0.143. The number of esters is 1. The lowest BCUT2D eigenvalue weighted by Gasteiger charge is -2.12. The number of rotatable bonds is 2. The maximum atomic E-state index is 13.0. The molecule has 1 aliphatic rings. The first-order chi connectivity index (χ1) is 7.10. The number of benzene rings is 1. The van der Waals surface area contributed by atoms with Gasteiger partial charge in [0.1, 0.15) is 0 Å². The van der Waals surface area contributed by atoms with Crippen LogP contribution in [-0.2, 0) is 14.9 Å². The van der Waals surface area contributed by atoms with Crippen LogP contribution in [-0.4, -0.2) is 13.1 Å². The van der Waals surface area contributed by atoms with E-state index >= 15 is 0 Å². The molecular formula is C11H10F2O2. The van der Waals surface area contributed by atoms with Gasteiger partial charge < -0.3 is 4.74 Å². The summed E-state index contributed by atoms with van der Waals surface area (Å²) in [4.78, 5) is 11.5. The minimum atomic E-state index is -0.928. The van der Waals surface area contributed by atoms with Crippen LogP contribution in [0, 0.1) is 11.6 Å². The summed E-state index contributed by atoms with van der Waals surface area (Å²) in [7, 11) is 1.29. The number of methoxy groups -OCH3 is 1. The van der Waals surface area contributed by atoms with Gasteiger partial charge in [-0.2, -0.15) is 0 Å². The highest BCUT2D eigenvalue weighted by Crippen LogP contribution is 2.49. The maximum Gasteiger partial charge on any atom is 0.316 e. The van der Waals surface area contributed by atoms with E-state index in [0.717, 1.165) is 12.1 Å². The minimum Gasteiger partial charge on any atom is -0.468 e. The molecule has 2 rings (SSSR count). The molecule has 1 fully saturated rings. The highest BCUT2D eigenvalue weighted by Gasteiger charge is 2.52. The quantitative estimate of drug-likeness (QED) is 0.702. The van der Waals surface area contributed by atoms with E-state index in [9.17, 15) is 13.6 Å². The molecule has 15 heavy (non-hydrogen) atoms. The number of hydrogen-bond acceptors (Lipinski definition) is 2. The van der Waals surface area contributed by atoms with E-state index < -0.39 is 17.0 Å². The Bertz CT molecular complexity index is 411. The third kappa shape index (κ3) is 1.50. The predicted molar refractivity (Wildman–Crippen MR) is 49.3 cm³/mol. The van der Waals surface area contributed by atoms with Gasteiger partial charge in [0.05, 0.1) is 12.5 Å². The lowest BCUT2D eigenvalue weighted by atomic mass is 9.96. The molecule has 1 aromatic rings. The molecule has 0 heterocycles. The van der Waals surface area contributed by atoms with Crippen molar-refractivity contribution in [2.24, 2.45) is 0 Å². The normalized spacial score (nSPS) is 17.3. The predicted octanol–water partition coefficient (Wildman–Crippen LogP) is 2.17. The van der Waals surface area contributed by atoms with Crippen molar-refractivity contribution in [3.05, 3.63) is 35.4 Å². The summed E-state index contributed by atoms with van der Waals surface area (Å²) in [6.07, 6.45) is 1.26. The molecule has 80 valence electrons. The van der Waals surface area contributed by atoms with Gasteiger partial charge in [0, 0.05) is 0 Å². The highest BCUT2D eigenvalue weighted by molar-refractivity contribution is 5.86. The number of halogens is 2. The minimum absolute atomic E-state index is 0.381. The Morgan fingerprint density at radius 2 is 2.00 bits per heavy atom. The number of ether oxygens (including phenoxy) is 1. The second-order valence-electron chi connectivity index (χ2n) is 3.70. The standard InChI is InChI=1S/C11H10F2O2/c1-15-10(14)11(4-5-11)7-2-3-8(12)9(13)6-7/h2-3,6H,4-5H2,1H3. The van der Waals surface area contributed by atoms with Gasteiger partial charge >= 0.3 is 5.97 Å². The van der Waals surface area contributed by atoms with Gasteiger partial charge in [0.25, 0.3) is 0 Å². The summed E-state index contributed by atoms with van der Waals surface area (Å²) in [6, 6.07) is 3.54. The molecule has 0 spiro atoms. The Labute approximate surface area is 85.9 Å². The molecule has 0 unspecified atom stereocenters. The molecule has 0 amide bonds. The van der Waals surface area contributed by atoms with Crippen LogP contribution in [0.3, 0.4) is 0 Å². The molecule has 0 bridgehead atoms. The first-order valence-electron chi connectivity index (χ1n) is 4.64. The number of hydrogen-bond donors (Lipinski definition) is 0. The second-order valence-corrected chi connectivity index (χ2v) is 3.70. The van der Waals surface area contributed by atoms with Crippen molar-refractivity contribution >= 4 is 5.97 Å². The van der Waals surface area contributed by atoms with Crippen molar-refractivity contribution in [2.75, 3.05) is 7.11 Å². The zero-order chi connectivity index (χ0) is 11.1. The molecule has 0 aliphatic heterocycles. The van der Waals surface area contributed by atoms with Gasteiger partial charge in [0.15, 0.2) is 11.6 Å². The van der Waals surface area contributed by atoms with Crippen LogP contribution in [0.15, 0.2) is 18.2 Å². The van der Waals surface area contributed by atoms with E-state index in [0.29, 0.717) is 18.4 Å². The third-order valence-corrected chi connectivity index (χ3v) is 2.80. The first-order valence-corrected chi connectivity index (χ1v) is 4.64. The average molecular weight is 212 g/mol. The van der Waals surface area contributed by atoms with Crippen molar-refractivity contribution in [1.29, 1.82) is 0 Å². The van der Waals surface area contributed by atoms with E-state index in [1.807, 2.05) is 0 Å². The van der Waals surface area contributed by atoms with E-state index in [1.165, 1.54) is 13.2 Å². The van der Waals surface area contributed by atoms with Crippen molar-refractivity contribution in [3.63, 3.8) is 0 Å². The van der Waals surface area contributed by atoms with Crippen LogP contribution in [0.25, 0.3) is 0 Å². The Kier molecular flexibility index (Phi) is 2.21. The Morgan fingerprint density at radius 3 is 2.47 bits per heavy atom. The van der Waals surface area contributed by atoms with Crippen molar-refractivity contribution in [1.82, 2.24) is 0 Å². The molecule has 1 aromatic carbocycles. The molecule has 1 saturated carbocycles. The van der Waals surface area contributed by atoms with Crippen LogP contribution in [0.1, 0.15) is 18.4 Å². The summed E-state index contributed by atoms with van der Waals surface area (Å²) < 4.78 is 30.3. The second kappa shape index (κ2) is 3.29. The molecule has 2 nitrogen and oxygen atoms in total. The van der Waals surface area contributed by atoms with Gasteiger partial charge in [0.2, 0.25) is 0 Å². The van der Waals surface area contributed by atoms with Gasteiger partial charge in [-0.25, -0.2) is 8.78 Å². The molecule has 0 radical (unpaired) electrons. The first kappa shape index (κ1) is 10.1. The zero-order valence-electron chi connectivity index (χ0n) is 8.22. The van der Waals surface area contributed by atoms with Crippen LogP contribution in [0.5, 0.6) is 0 Å². The Morgan fingerprint density at radius 1 is 1.33 bits per heavy atom. The SMILES string of the molecule is COC(=O)C1(c2ccc(F)c(F)c2)CC1. The zero-order valence-corrected chi connectivity index (χ0v) is 8.22. The Hall–Kier alpha value is -1.45. The van der Waals surface area contributed by atoms with Gasteiger partial charge in [-0.15, -0.1) is 0 Å². The summed E-state index contributed by atoms with van der Waals surface area (Å²) >= 11 is 0. The average Bonchev–Trinajstić information content (AvgIpc) is 3.02. The Balaban J connectivity index is 2.38. The summed E-state index contributed by atoms with van der Waals surface area (Å²) in [6.45, 7) is 0. The summed E-state index contributed by atoms with van der Waals surface area (Å²) in [5.74, 6) is -2.21. The topological polar surface area (TPSA) is 26.3 Å². The third-order valence-electron chi connectivity index (χ3n) is 2.80. The molecule has 0 atom stereocenters. The van der Waals surface area contributed by atoms with Gasteiger partial charge in [-0.05, 0) is 30.5 Å². The van der Waals surface area contributed by atoms with E-state index in [4.69, 9.17) is 0 Å². The molecule has 0 N–H and O–H groups in total. The van der Waals surface area contributed by atoms with Crippen molar-refractivity contribution < 1.29 is 18.3 Å². The van der Waals surface area contributed by atoms with Crippen LogP contribution < -0.4 is 0 Å².